The summed E-state index contributed by atoms with van der Waals surface area (Å²) in [6.45, 7) is 2.65. The summed E-state index contributed by atoms with van der Waals surface area (Å²) in [6, 6.07) is 0. The summed E-state index contributed by atoms with van der Waals surface area (Å²) in [6.07, 6.45) is 9.00. The summed E-state index contributed by atoms with van der Waals surface area (Å²) >= 11 is 0. The van der Waals surface area contributed by atoms with Crippen molar-refractivity contribution in [3.05, 3.63) is 0 Å². The molecule has 0 unspecified atom stereocenters. The number of hydrogen-bond donors (Lipinski definition) is 2. The molecule has 0 aromatic heterocycles. The van der Waals surface area contributed by atoms with Crippen LogP contribution in [0.15, 0.2) is 0 Å². The van der Waals surface area contributed by atoms with Crippen LogP contribution in [0.25, 0.3) is 0 Å². The molecule has 0 atom stereocenters. The Morgan fingerprint density at radius 1 is 0.818 bits per heavy atom. The van der Waals surface area contributed by atoms with Gasteiger partial charge in [-0.3, -0.25) is 0 Å². The lowest BCUT2D eigenvalue weighted by molar-refractivity contribution is 0.504. The average molecular weight is 160 g/mol. The van der Waals surface area contributed by atoms with Crippen molar-refractivity contribution in [1.29, 1.82) is 0 Å². The number of rotatable bonds is 0. The van der Waals surface area contributed by atoms with Gasteiger partial charge in [0.2, 0.25) is 0 Å². The quantitative estimate of drug-likeness (QED) is 0.568. The van der Waals surface area contributed by atoms with Crippen LogP contribution in [0.2, 0.25) is 0 Å². The molecule has 0 heterocycles. The van der Waals surface area contributed by atoms with Crippen LogP contribution in [0.5, 0.6) is 0 Å². The van der Waals surface area contributed by atoms with E-state index in [2.05, 4.69) is 5.73 Å². The molecule has 0 aromatic rings. The van der Waals surface area contributed by atoms with Crippen molar-refractivity contribution in [2.75, 3.05) is 13.6 Å². The summed E-state index contributed by atoms with van der Waals surface area (Å²) in [4.78, 5) is 0. The van der Waals surface area contributed by atoms with Crippen molar-refractivity contribution in [2.45, 2.75) is 45.4 Å². The fourth-order valence-electron chi connectivity index (χ4n) is 1.06. The molecule has 0 bridgehead atoms. The van der Waals surface area contributed by atoms with Crippen LogP contribution in [-0.2, 0) is 0 Å². The normalized spacial score (nSPS) is 15.3. The van der Waals surface area contributed by atoms with Gasteiger partial charge in [-0.2, -0.15) is 0 Å². The molecule has 0 spiro atoms. The Kier molecular flexibility index (Phi) is 20.2. The highest BCUT2D eigenvalue weighted by molar-refractivity contribution is 4.51. The molecule has 70 valence electrons. The van der Waals surface area contributed by atoms with Crippen LogP contribution in [-0.4, -0.2) is 13.6 Å². The monoisotopic (exact) mass is 160 g/mol. The van der Waals surface area contributed by atoms with Gasteiger partial charge >= 0.3 is 0 Å². The van der Waals surface area contributed by atoms with Gasteiger partial charge in [0.15, 0.2) is 0 Å². The molecular weight excluding hydrogens is 136 g/mol. The summed E-state index contributed by atoms with van der Waals surface area (Å²) in [5.41, 5.74) is 9.35. The van der Waals surface area contributed by atoms with E-state index in [1.54, 1.807) is 0 Å². The highest BCUT2D eigenvalue weighted by atomic mass is 14.5. The lowest BCUT2D eigenvalue weighted by atomic mass is 10.0. The minimum absolute atomic E-state index is 0.750. The maximum Gasteiger partial charge on any atom is -0.0106 e. The fourth-order valence-corrected chi connectivity index (χ4v) is 1.06. The highest BCUT2D eigenvalue weighted by Crippen LogP contribution is 2.15. The van der Waals surface area contributed by atoms with Gasteiger partial charge in [-0.25, -0.2) is 0 Å². The zero-order valence-electron chi connectivity index (χ0n) is 8.10. The van der Waals surface area contributed by atoms with E-state index in [0.717, 1.165) is 6.54 Å². The van der Waals surface area contributed by atoms with E-state index < -0.39 is 0 Å². The highest BCUT2D eigenvalue weighted by Gasteiger charge is 1.95. The van der Waals surface area contributed by atoms with Crippen molar-refractivity contribution >= 4 is 0 Å². The first-order valence-electron chi connectivity index (χ1n) is 4.69. The maximum atomic E-state index is 4.85. The zero-order chi connectivity index (χ0) is 8.95. The first kappa shape index (κ1) is 13.5. The van der Waals surface area contributed by atoms with E-state index in [1.807, 2.05) is 6.92 Å². The SMILES string of the molecule is C1CCCCC1.CCN.CN. The Bertz CT molecular complexity index is 31.3. The molecule has 11 heavy (non-hydrogen) atoms. The van der Waals surface area contributed by atoms with Gasteiger partial charge in [-0.1, -0.05) is 45.4 Å². The largest absolute Gasteiger partial charge is 0.333 e. The van der Waals surface area contributed by atoms with Gasteiger partial charge in [0.25, 0.3) is 0 Å². The summed E-state index contributed by atoms with van der Waals surface area (Å²) in [7, 11) is 1.50. The standard InChI is InChI=1S/C6H12.C2H7N.CH5N/c1-2-4-6-5-3-1;1-2-3;1-2/h1-6H2;2-3H2,1H3;2H2,1H3. The minimum atomic E-state index is 0.750. The van der Waals surface area contributed by atoms with E-state index in [1.165, 1.54) is 45.6 Å². The first-order valence-corrected chi connectivity index (χ1v) is 4.69. The minimum Gasteiger partial charge on any atom is -0.333 e. The van der Waals surface area contributed by atoms with Gasteiger partial charge in [0.1, 0.15) is 0 Å². The van der Waals surface area contributed by atoms with Crippen molar-refractivity contribution in [3.8, 4) is 0 Å². The second-order valence-corrected chi connectivity index (χ2v) is 2.53. The summed E-state index contributed by atoms with van der Waals surface area (Å²) < 4.78 is 0. The van der Waals surface area contributed by atoms with Crippen LogP contribution >= 0.6 is 0 Å². The molecule has 0 aliphatic heterocycles. The van der Waals surface area contributed by atoms with E-state index in [4.69, 9.17) is 5.73 Å². The molecular formula is C9H24N2. The smallest absolute Gasteiger partial charge is 0.0106 e. The third-order valence-corrected chi connectivity index (χ3v) is 1.50. The van der Waals surface area contributed by atoms with E-state index in [9.17, 15) is 0 Å². The number of nitrogens with two attached hydrogens (primary N) is 2. The fraction of sp³-hybridized carbons (Fsp3) is 1.00. The molecule has 0 saturated heterocycles. The molecule has 0 aromatic carbocycles. The van der Waals surface area contributed by atoms with Crippen LogP contribution in [0.3, 0.4) is 0 Å². The maximum absolute atomic E-state index is 4.85. The van der Waals surface area contributed by atoms with Crippen LogP contribution in [0.4, 0.5) is 0 Å². The van der Waals surface area contributed by atoms with Crippen molar-refractivity contribution in [3.63, 3.8) is 0 Å². The van der Waals surface area contributed by atoms with Crippen molar-refractivity contribution in [2.24, 2.45) is 11.5 Å². The van der Waals surface area contributed by atoms with Crippen LogP contribution in [0, 0.1) is 0 Å². The Morgan fingerprint density at radius 3 is 1.00 bits per heavy atom. The molecule has 2 nitrogen and oxygen atoms in total. The summed E-state index contributed by atoms with van der Waals surface area (Å²) in [5, 5.41) is 0. The summed E-state index contributed by atoms with van der Waals surface area (Å²) in [5.74, 6) is 0. The third-order valence-electron chi connectivity index (χ3n) is 1.50. The van der Waals surface area contributed by atoms with E-state index in [-0.39, 0.29) is 0 Å². The second kappa shape index (κ2) is 16.5. The number of hydrogen-bond acceptors (Lipinski definition) is 2. The molecule has 0 amide bonds. The van der Waals surface area contributed by atoms with Crippen LogP contribution < -0.4 is 11.5 Å². The van der Waals surface area contributed by atoms with Gasteiger partial charge in [-0.05, 0) is 13.6 Å². The molecule has 1 aliphatic carbocycles. The Hall–Kier alpha value is -0.0800. The third kappa shape index (κ3) is 17.8. The second-order valence-electron chi connectivity index (χ2n) is 2.53. The van der Waals surface area contributed by atoms with Gasteiger partial charge in [0, 0.05) is 0 Å². The molecule has 1 saturated carbocycles. The Balaban J connectivity index is 0. The Labute approximate surface area is 71.3 Å². The molecule has 1 aliphatic rings. The molecule has 0 radical (unpaired) electrons. The first-order chi connectivity index (χ1) is 5.41. The predicted octanol–water partition coefficient (Wildman–Crippen LogP) is 1.88. The van der Waals surface area contributed by atoms with Gasteiger partial charge in [-0.15, -0.1) is 0 Å². The van der Waals surface area contributed by atoms with Crippen LogP contribution in [0.1, 0.15) is 45.4 Å². The van der Waals surface area contributed by atoms with Gasteiger partial charge in [0.05, 0.1) is 0 Å². The predicted molar refractivity (Wildman–Crippen MR) is 52.5 cm³/mol. The Morgan fingerprint density at radius 2 is 0.909 bits per heavy atom. The van der Waals surface area contributed by atoms with E-state index in [0.29, 0.717) is 0 Å². The molecule has 1 fully saturated rings. The van der Waals surface area contributed by atoms with Crippen molar-refractivity contribution < 1.29 is 0 Å². The molecule has 4 N–H and O–H groups in total. The average Bonchev–Trinajstić information content (AvgIpc) is 2.12. The lowest BCUT2D eigenvalue weighted by Gasteiger charge is -2.05. The topological polar surface area (TPSA) is 52.0 Å². The zero-order valence-corrected chi connectivity index (χ0v) is 8.10. The molecule has 1 rings (SSSR count). The lowest BCUT2D eigenvalue weighted by Crippen LogP contribution is -1.87. The van der Waals surface area contributed by atoms with Crippen molar-refractivity contribution in [1.82, 2.24) is 0 Å². The van der Waals surface area contributed by atoms with E-state index >= 15 is 0 Å². The van der Waals surface area contributed by atoms with Gasteiger partial charge < -0.3 is 11.5 Å². The molecule has 2 heteroatoms.